The van der Waals surface area contributed by atoms with E-state index in [9.17, 15) is 14.4 Å². The zero-order chi connectivity index (χ0) is 25.1. The normalized spacial score (nSPS) is 16.7. The number of anilines is 4. The van der Waals surface area contributed by atoms with Gasteiger partial charge in [0, 0.05) is 49.6 Å². The Bertz CT molecular complexity index is 1270. The van der Waals surface area contributed by atoms with Gasteiger partial charge in [-0.25, -0.2) is 0 Å². The van der Waals surface area contributed by atoms with Crippen molar-refractivity contribution in [1.29, 1.82) is 0 Å². The van der Waals surface area contributed by atoms with E-state index in [1.807, 2.05) is 65.6 Å². The van der Waals surface area contributed by atoms with Crippen molar-refractivity contribution >= 4 is 40.5 Å². The van der Waals surface area contributed by atoms with Crippen LogP contribution in [0.3, 0.4) is 0 Å². The summed E-state index contributed by atoms with van der Waals surface area (Å²) in [6, 6.07) is 21.5. The summed E-state index contributed by atoms with van der Waals surface area (Å²) in [5.74, 6) is -0.218. The van der Waals surface area contributed by atoms with Gasteiger partial charge in [-0.2, -0.15) is 0 Å². The molecule has 0 aromatic heterocycles. The molecule has 0 fully saturated rings. The Morgan fingerprint density at radius 3 is 2.06 bits per heavy atom. The quantitative estimate of drug-likeness (QED) is 0.455. The van der Waals surface area contributed by atoms with Crippen LogP contribution in [0.25, 0.3) is 11.1 Å². The first kappa shape index (κ1) is 24.0. The summed E-state index contributed by atoms with van der Waals surface area (Å²) < 4.78 is 0. The van der Waals surface area contributed by atoms with E-state index in [2.05, 4.69) is 28.9 Å². The van der Waals surface area contributed by atoms with Crippen LogP contribution in [0, 0.1) is 0 Å². The van der Waals surface area contributed by atoms with Gasteiger partial charge < -0.3 is 20.9 Å². The van der Waals surface area contributed by atoms with Crippen molar-refractivity contribution in [3.05, 3.63) is 72.3 Å². The Kier molecular flexibility index (Phi) is 6.87. The van der Waals surface area contributed by atoms with Gasteiger partial charge in [0.1, 0.15) is 0 Å². The Labute approximate surface area is 205 Å². The lowest BCUT2D eigenvalue weighted by Gasteiger charge is -2.39. The van der Waals surface area contributed by atoms with E-state index in [4.69, 9.17) is 0 Å². The number of carbonyl (C=O) groups is 3. The van der Waals surface area contributed by atoms with Crippen LogP contribution in [-0.4, -0.2) is 23.8 Å². The van der Waals surface area contributed by atoms with Crippen LogP contribution in [-0.2, 0) is 14.4 Å². The number of carbonyl (C=O) groups excluding carboxylic acids is 3. The topological polar surface area (TPSA) is 90.5 Å². The van der Waals surface area contributed by atoms with Gasteiger partial charge in [-0.3, -0.25) is 14.4 Å². The third kappa shape index (κ3) is 5.51. The Morgan fingerprint density at radius 2 is 1.40 bits per heavy atom. The number of nitrogens with one attached hydrogen (secondary N) is 3. The molecule has 35 heavy (non-hydrogen) atoms. The molecule has 7 nitrogen and oxygen atoms in total. The summed E-state index contributed by atoms with van der Waals surface area (Å²) in [6.07, 6.45) is 0.745. The van der Waals surface area contributed by atoms with E-state index in [-0.39, 0.29) is 29.8 Å². The maximum atomic E-state index is 12.5. The van der Waals surface area contributed by atoms with Crippen LogP contribution in [0.2, 0.25) is 0 Å². The molecule has 0 aliphatic carbocycles. The summed E-state index contributed by atoms with van der Waals surface area (Å²) >= 11 is 0. The third-order valence-corrected chi connectivity index (χ3v) is 6.08. The van der Waals surface area contributed by atoms with Crippen LogP contribution in [0.1, 0.15) is 45.7 Å². The Balaban J connectivity index is 1.70. The molecule has 4 rings (SSSR count). The molecule has 3 aromatic carbocycles. The van der Waals surface area contributed by atoms with Crippen molar-refractivity contribution in [3.8, 4) is 11.1 Å². The highest BCUT2D eigenvalue weighted by atomic mass is 16.2. The fourth-order valence-corrected chi connectivity index (χ4v) is 4.69. The monoisotopic (exact) mass is 470 g/mol. The van der Waals surface area contributed by atoms with E-state index in [1.165, 1.54) is 13.8 Å². The summed E-state index contributed by atoms with van der Waals surface area (Å²) in [6.45, 7) is 6.63. The van der Waals surface area contributed by atoms with Gasteiger partial charge in [0.25, 0.3) is 0 Å². The molecule has 3 amide bonds. The van der Waals surface area contributed by atoms with Gasteiger partial charge in [0.15, 0.2) is 0 Å². The summed E-state index contributed by atoms with van der Waals surface area (Å²) in [5, 5.41) is 9.23. The molecule has 2 atom stereocenters. The number of hydrogen-bond donors (Lipinski definition) is 3. The van der Waals surface area contributed by atoms with Gasteiger partial charge in [0.2, 0.25) is 17.7 Å². The van der Waals surface area contributed by atoms with Crippen LogP contribution in [0.5, 0.6) is 0 Å². The highest BCUT2D eigenvalue weighted by molar-refractivity contribution is 5.95. The van der Waals surface area contributed by atoms with Gasteiger partial charge in [-0.1, -0.05) is 18.2 Å². The summed E-state index contributed by atoms with van der Waals surface area (Å²) in [7, 11) is 0. The van der Waals surface area contributed by atoms with E-state index in [1.54, 1.807) is 6.92 Å². The molecule has 0 radical (unpaired) electrons. The number of nitrogens with zero attached hydrogens (tertiary/aromatic N) is 1. The van der Waals surface area contributed by atoms with Gasteiger partial charge in [0.05, 0.1) is 6.04 Å². The molecule has 0 saturated heterocycles. The van der Waals surface area contributed by atoms with Crippen molar-refractivity contribution in [1.82, 2.24) is 0 Å². The molecule has 1 heterocycles. The predicted molar refractivity (Wildman–Crippen MR) is 141 cm³/mol. The van der Waals surface area contributed by atoms with Crippen LogP contribution >= 0.6 is 0 Å². The first-order valence-corrected chi connectivity index (χ1v) is 11.7. The fraction of sp³-hybridized carbons (Fsp3) is 0.250. The number of rotatable bonds is 5. The second-order valence-electron chi connectivity index (χ2n) is 8.96. The number of benzene rings is 3. The smallest absolute Gasteiger partial charge is 0.224 e. The molecular weight excluding hydrogens is 440 g/mol. The first-order chi connectivity index (χ1) is 16.7. The van der Waals surface area contributed by atoms with Crippen LogP contribution in [0.15, 0.2) is 66.7 Å². The highest BCUT2D eigenvalue weighted by Crippen LogP contribution is 2.41. The summed E-state index contributed by atoms with van der Waals surface area (Å²) in [4.78, 5) is 37.2. The van der Waals surface area contributed by atoms with Crippen molar-refractivity contribution < 1.29 is 14.4 Å². The third-order valence-electron chi connectivity index (χ3n) is 6.08. The standard InChI is InChI=1S/C28H30N4O3/c1-17-14-27(31-24-11-9-23(10-12-24)29-18(2)33)26-16-22(8-13-28(26)32(17)20(4)35)21-6-5-7-25(15-21)30-19(3)34/h5-13,15-17,27,31H,14H2,1-4H3,(H,29,33)(H,30,34)/t17-,27+/m0/s1. The van der Waals surface area contributed by atoms with Crippen molar-refractivity contribution in [2.75, 3.05) is 20.9 Å². The van der Waals surface area contributed by atoms with Crippen molar-refractivity contribution in [3.63, 3.8) is 0 Å². The molecule has 3 aromatic rings. The van der Waals surface area contributed by atoms with Crippen LogP contribution < -0.4 is 20.9 Å². The SMILES string of the molecule is CC(=O)Nc1ccc(N[C@@H]2C[C@H](C)N(C(C)=O)c3ccc(-c4cccc(NC(C)=O)c4)cc32)cc1. The van der Waals surface area contributed by atoms with Gasteiger partial charge in [-0.05, 0) is 78.6 Å². The lowest BCUT2D eigenvalue weighted by Crippen LogP contribution is -2.43. The van der Waals surface area contributed by atoms with Gasteiger partial charge in [-0.15, -0.1) is 0 Å². The Hall–Kier alpha value is -4.13. The molecule has 0 unspecified atom stereocenters. The molecule has 7 heteroatoms. The molecular formula is C28H30N4O3. The maximum Gasteiger partial charge on any atom is 0.224 e. The minimum Gasteiger partial charge on any atom is -0.378 e. The second-order valence-corrected chi connectivity index (χ2v) is 8.96. The van der Waals surface area contributed by atoms with E-state index in [0.29, 0.717) is 0 Å². The number of hydrogen-bond acceptors (Lipinski definition) is 4. The molecule has 1 aliphatic rings. The molecule has 0 saturated carbocycles. The zero-order valence-corrected chi connectivity index (χ0v) is 20.4. The van der Waals surface area contributed by atoms with Gasteiger partial charge >= 0.3 is 0 Å². The average Bonchev–Trinajstić information content (AvgIpc) is 2.79. The minimum atomic E-state index is -0.118. The van der Waals surface area contributed by atoms with Crippen LogP contribution in [0.4, 0.5) is 22.7 Å². The lowest BCUT2D eigenvalue weighted by molar-refractivity contribution is -0.117. The maximum absolute atomic E-state index is 12.5. The average molecular weight is 471 g/mol. The first-order valence-electron chi connectivity index (χ1n) is 11.7. The molecule has 3 N–H and O–H groups in total. The molecule has 180 valence electrons. The molecule has 0 spiro atoms. The van der Waals surface area contributed by atoms with Crippen molar-refractivity contribution in [2.24, 2.45) is 0 Å². The highest BCUT2D eigenvalue weighted by Gasteiger charge is 2.32. The summed E-state index contributed by atoms with van der Waals surface area (Å²) in [5.41, 5.74) is 6.31. The fourth-order valence-electron chi connectivity index (χ4n) is 4.69. The molecule has 0 bridgehead atoms. The Morgan fingerprint density at radius 1 is 0.771 bits per heavy atom. The van der Waals surface area contributed by atoms with E-state index >= 15 is 0 Å². The lowest BCUT2D eigenvalue weighted by atomic mass is 9.88. The number of amides is 3. The number of fused-ring (bicyclic) bond motifs is 1. The van der Waals surface area contributed by atoms with E-state index in [0.717, 1.165) is 45.9 Å². The molecule has 1 aliphatic heterocycles. The predicted octanol–water partition coefficient (Wildman–Crippen LogP) is 5.57. The van der Waals surface area contributed by atoms with E-state index < -0.39 is 0 Å². The zero-order valence-electron chi connectivity index (χ0n) is 20.4. The van der Waals surface area contributed by atoms with Crippen molar-refractivity contribution in [2.45, 2.75) is 46.2 Å². The largest absolute Gasteiger partial charge is 0.378 e. The second kappa shape index (κ2) is 10.0. The minimum absolute atomic E-state index is 0.0114.